The lowest BCUT2D eigenvalue weighted by molar-refractivity contribution is 0.437. The predicted molar refractivity (Wildman–Crippen MR) is 104 cm³/mol. The van der Waals surface area contributed by atoms with Gasteiger partial charge in [0.25, 0.3) is 0 Å². The van der Waals surface area contributed by atoms with Gasteiger partial charge in [0.1, 0.15) is 5.82 Å². The average molecular weight is 371 g/mol. The number of piperidine rings is 1. The fraction of sp³-hybridized carbons (Fsp3) is 0.368. The fourth-order valence-corrected chi connectivity index (χ4v) is 4.09. The van der Waals surface area contributed by atoms with E-state index < -0.39 is 0 Å². The predicted octanol–water partition coefficient (Wildman–Crippen LogP) is 4.32. The maximum absolute atomic E-state index is 13.3. The van der Waals surface area contributed by atoms with Crippen LogP contribution in [0.15, 0.2) is 42.6 Å². The molecule has 2 aromatic heterocycles. The highest BCUT2D eigenvalue weighted by Crippen LogP contribution is 2.28. The summed E-state index contributed by atoms with van der Waals surface area (Å²) < 4.78 is 15.4. The molecule has 3 heterocycles. The van der Waals surface area contributed by atoms with Crippen LogP contribution in [0.3, 0.4) is 0 Å². The van der Waals surface area contributed by atoms with E-state index in [4.69, 9.17) is 0 Å². The first kappa shape index (κ1) is 17.0. The molecule has 5 nitrogen and oxygen atoms in total. The second kappa shape index (κ2) is 7.45. The molecular formula is C19H22FN5S. The zero-order valence-corrected chi connectivity index (χ0v) is 15.5. The van der Waals surface area contributed by atoms with Crippen molar-refractivity contribution in [2.45, 2.75) is 26.3 Å². The van der Waals surface area contributed by atoms with Crippen LogP contribution in [0.2, 0.25) is 0 Å². The molecule has 1 fully saturated rings. The molecule has 1 aliphatic heterocycles. The summed E-state index contributed by atoms with van der Waals surface area (Å²) in [4.78, 5) is 2.33. The standard InChI is InChI=1S/C19H22FN5S/c1-14-7-10-24(11-8-14)18-22-23-19(26-18)25-9-3-6-17(25)13-21-16-5-2-4-15(20)12-16/h2-6,9,12,14,21H,7-8,10-11,13H2,1H3. The Kier molecular flexibility index (Phi) is 4.88. The molecule has 0 unspecified atom stereocenters. The summed E-state index contributed by atoms with van der Waals surface area (Å²) >= 11 is 1.62. The van der Waals surface area contributed by atoms with E-state index in [1.54, 1.807) is 17.4 Å². The van der Waals surface area contributed by atoms with Crippen LogP contribution in [0, 0.1) is 11.7 Å². The van der Waals surface area contributed by atoms with Crippen molar-refractivity contribution in [2.75, 3.05) is 23.3 Å². The number of aromatic nitrogens is 3. The lowest BCUT2D eigenvalue weighted by atomic mass is 10.00. The van der Waals surface area contributed by atoms with Gasteiger partial charge in [-0.2, -0.15) is 0 Å². The molecule has 1 aromatic carbocycles. The smallest absolute Gasteiger partial charge is 0.218 e. The minimum atomic E-state index is -0.241. The summed E-state index contributed by atoms with van der Waals surface area (Å²) in [6.07, 6.45) is 4.41. The molecule has 0 atom stereocenters. The van der Waals surface area contributed by atoms with Crippen LogP contribution in [0.25, 0.3) is 5.13 Å². The molecule has 1 aliphatic rings. The molecule has 0 bridgehead atoms. The fourth-order valence-electron chi connectivity index (χ4n) is 3.17. The van der Waals surface area contributed by atoms with Crippen LogP contribution in [0.4, 0.5) is 15.2 Å². The quantitative estimate of drug-likeness (QED) is 0.726. The topological polar surface area (TPSA) is 46.0 Å². The van der Waals surface area contributed by atoms with Crippen molar-refractivity contribution in [3.05, 3.63) is 54.1 Å². The molecule has 7 heteroatoms. The van der Waals surface area contributed by atoms with Gasteiger partial charge in [0, 0.05) is 30.7 Å². The number of hydrogen-bond acceptors (Lipinski definition) is 5. The Balaban J connectivity index is 1.46. The lowest BCUT2D eigenvalue weighted by Gasteiger charge is -2.29. The first-order valence-corrected chi connectivity index (χ1v) is 9.75. The van der Waals surface area contributed by atoms with Gasteiger partial charge in [-0.3, -0.25) is 4.57 Å². The van der Waals surface area contributed by atoms with Crippen molar-refractivity contribution in [1.29, 1.82) is 0 Å². The van der Waals surface area contributed by atoms with Gasteiger partial charge in [0.2, 0.25) is 10.3 Å². The molecule has 26 heavy (non-hydrogen) atoms. The summed E-state index contributed by atoms with van der Waals surface area (Å²) in [6, 6.07) is 10.5. The highest BCUT2D eigenvalue weighted by molar-refractivity contribution is 7.17. The maximum atomic E-state index is 13.3. The van der Waals surface area contributed by atoms with Gasteiger partial charge in [-0.05, 0) is 49.1 Å². The third-order valence-corrected chi connectivity index (χ3v) is 5.78. The van der Waals surface area contributed by atoms with E-state index in [-0.39, 0.29) is 5.82 Å². The number of benzene rings is 1. The lowest BCUT2D eigenvalue weighted by Crippen LogP contribution is -2.32. The Bertz CT molecular complexity index is 866. The second-order valence-electron chi connectivity index (χ2n) is 6.77. The van der Waals surface area contributed by atoms with Crippen molar-refractivity contribution in [1.82, 2.24) is 14.8 Å². The van der Waals surface area contributed by atoms with Crippen LogP contribution < -0.4 is 10.2 Å². The summed E-state index contributed by atoms with van der Waals surface area (Å²) in [6.45, 7) is 5.00. The molecule has 0 aliphatic carbocycles. The maximum Gasteiger partial charge on any atom is 0.218 e. The summed E-state index contributed by atoms with van der Waals surface area (Å²) in [5.41, 5.74) is 1.82. The number of rotatable bonds is 5. The van der Waals surface area contributed by atoms with E-state index >= 15 is 0 Å². The third-order valence-electron chi connectivity index (χ3n) is 4.80. The Hall–Kier alpha value is -2.41. The molecule has 0 amide bonds. The first-order chi connectivity index (χ1) is 12.7. The van der Waals surface area contributed by atoms with Gasteiger partial charge < -0.3 is 10.2 Å². The molecule has 0 saturated carbocycles. The van der Waals surface area contributed by atoms with E-state index in [9.17, 15) is 4.39 Å². The SMILES string of the molecule is CC1CCN(c2nnc(-n3cccc3CNc3cccc(F)c3)s2)CC1. The monoisotopic (exact) mass is 371 g/mol. The van der Waals surface area contributed by atoms with Crippen molar-refractivity contribution >= 4 is 22.2 Å². The van der Waals surface area contributed by atoms with Gasteiger partial charge >= 0.3 is 0 Å². The van der Waals surface area contributed by atoms with Crippen LogP contribution in [0.5, 0.6) is 0 Å². The number of halogens is 1. The normalized spacial score (nSPS) is 15.4. The van der Waals surface area contributed by atoms with Crippen molar-refractivity contribution in [3.63, 3.8) is 0 Å². The van der Waals surface area contributed by atoms with Gasteiger partial charge in [0.15, 0.2) is 0 Å². The average Bonchev–Trinajstić information content (AvgIpc) is 3.30. The minimum Gasteiger partial charge on any atom is -0.379 e. The van der Waals surface area contributed by atoms with Gasteiger partial charge in [0.05, 0.1) is 6.54 Å². The zero-order chi connectivity index (χ0) is 17.9. The van der Waals surface area contributed by atoms with Crippen LogP contribution in [-0.2, 0) is 6.54 Å². The van der Waals surface area contributed by atoms with E-state index in [0.29, 0.717) is 6.54 Å². The van der Waals surface area contributed by atoms with Crippen molar-refractivity contribution in [2.24, 2.45) is 5.92 Å². The number of nitrogens with zero attached hydrogens (tertiary/aromatic N) is 4. The van der Waals surface area contributed by atoms with Crippen LogP contribution in [0.1, 0.15) is 25.5 Å². The Morgan fingerprint density at radius 1 is 1.15 bits per heavy atom. The Morgan fingerprint density at radius 3 is 2.77 bits per heavy atom. The number of anilines is 2. The van der Waals surface area contributed by atoms with Gasteiger partial charge in [-0.1, -0.05) is 24.3 Å². The van der Waals surface area contributed by atoms with E-state index in [1.807, 2.05) is 29.0 Å². The second-order valence-corrected chi connectivity index (χ2v) is 7.70. The van der Waals surface area contributed by atoms with Gasteiger partial charge in [-0.15, -0.1) is 10.2 Å². The van der Waals surface area contributed by atoms with Gasteiger partial charge in [-0.25, -0.2) is 4.39 Å². The molecule has 1 saturated heterocycles. The van der Waals surface area contributed by atoms with Crippen molar-refractivity contribution < 1.29 is 4.39 Å². The van der Waals surface area contributed by atoms with Crippen molar-refractivity contribution in [3.8, 4) is 5.13 Å². The Labute approximate surface area is 156 Å². The van der Waals surface area contributed by atoms with Crippen LogP contribution >= 0.6 is 11.3 Å². The third kappa shape index (κ3) is 3.72. The number of nitrogens with one attached hydrogen (secondary N) is 1. The molecular weight excluding hydrogens is 349 g/mol. The Morgan fingerprint density at radius 2 is 1.96 bits per heavy atom. The molecule has 4 rings (SSSR count). The first-order valence-electron chi connectivity index (χ1n) is 8.93. The van der Waals surface area contributed by atoms with E-state index in [0.717, 1.165) is 40.7 Å². The highest BCUT2D eigenvalue weighted by atomic mass is 32.1. The summed E-state index contributed by atoms with van der Waals surface area (Å²) in [5, 5.41) is 13.9. The highest BCUT2D eigenvalue weighted by Gasteiger charge is 2.20. The molecule has 3 aromatic rings. The largest absolute Gasteiger partial charge is 0.379 e. The van der Waals surface area contributed by atoms with E-state index in [2.05, 4.69) is 27.3 Å². The molecule has 136 valence electrons. The van der Waals surface area contributed by atoms with E-state index in [1.165, 1.54) is 25.0 Å². The zero-order valence-electron chi connectivity index (χ0n) is 14.7. The number of hydrogen-bond donors (Lipinski definition) is 1. The molecule has 0 spiro atoms. The molecule has 0 radical (unpaired) electrons. The minimum absolute atomic E-state index is 0.241. The molecule has 1 N–H and O–H groups in total. The summed E-state index contributed by atoms with van der Waals surface area (Å²) in [7, 11) is 0. The van der Waals surface area contributed by atoms with Crippen LogP contribution in [-0.4, -0.2) is 27.9 Å². The summed E-state index contributed by atoms with van der Waals surface area (Å²) in [5.74, 6) is 0.554.